The van der Waals surface area contributed by atoms with Gasteiger partial charge in [0.25, 0.3) is 0 Å². The lowest BCUT2D eigenvalue weighted by atomic mass is 10.1. The van der Waals surface area contributed by atoms with Crippen LogP contribution in [0.4, 0.5) is 0 Å². The number of rotatable bonds is 7. The van der Waals surface area contributed by atoms with Gasteiger partial charge in [0.15, 0.2) is 17.5 Å². The molecule has 0 atom stereocenters. The van der Waals surface area contributed by atoms with Crippen LogP contribution < -0.4 is 0 Å². The van der Waals surface area contributed by atoms with Gasteiger partial charge in [0.1, 0.15) is 0 Å². The van der Waals surface area contributed by atoms with Crippen molar-refractivity contribution in [1.29, 1.82) is 0 Å². The number of hydrogen-bond acceptors (Lipinski definition) is 3. The van der Waals surface area contributed by atoms with Crippen molar-refractivity contribution in [2.45, 2.75) is 0 Å². The Balaban J connectivity index is 1.04. The summed E-state index contributed by atoms with van der Waals surface area (Å²) >= 11 is 0. The third-order valence-electron chi connectivity index (χ3n) is 15.4. The predicted molar refractivity (Wildman–Crippen MR) is 313 cm³/mol. The zero-order valence-corrected chi connectivity index (χ0v) is 41.0. The number of aromatic nitrogens is 7. The highest BCUT2D eigenvalue weighted by molar-refractivity contribution is 6.29. The van der Waals surface area contributed by atoms with Crippen molar-refractivity contribution in [3.63, 3.8) is 0 Å². The molecule has 0 spiro atoms. The van der Waals surface area contributed by atoms with Crippen molar-refractivity contribution in [3.05, 3.63) is 261 Å². The van der Waals surface area contributed by atoms with Crippen LogP contribution in [0, 0.1) is 0 Å². The normalized spacial score (nSPS) is 11.9. The molecule has 0 fully saturated rings. The Morgan fingerprint density at radius 3 is 1.22 bits per heavy atom. The molecule has 7 nitrogen and oxygen atoms in total. The van der Waals surface area contributed by atoms with Crippen LogP contribution in [-0.2, 0) is 0 Å². The smallest absolute Gasteiger partial charge is 0.166 e. The monoisotopic (exact) mass is 969 g/mol. The first-order valence-electron chi connectivity index (χ1n) is 25.8. The van der Waals surface area contributed by atoms with Crippen LogP contribution in [0.1, 0.15) is 0 Å². The van der Waals surface area contributed by atoms with E-state index in [4.69, 9.17) is 15.0 Å². The van der Waals surface area contributed by atoms with Gasteiger partial charge in [0.05, 0.1) is 44.1 Å². The van der Waals surface area contributed by atoms with E-state index in [1.165, 1.54) is 38.1 Å². The van der Waals surface area contributed by atoms with Gasteiger partial charge in [0.2, 0.25) is 0 Å². The molecule has 0 saturated carbocycles. The molecule has 7 heteroatoms. The molecular weight excluding hydrogens is 927 g/mol. The highest BCUT2D eigenvalue weighted by atomic mass is 15.1. The first-order chi connectivity index (χ1) is 37.7. The van der Waals surface area contributed by atoms with E-state index < -0.39 is 0 Å². The maximum absolute atomic E-state index is 5.32. The van der Waals surface area contributed by atoms with Crippen molar-refractivity contribution < 1.29 is 0 Å². The minimum Gasteiger partial charge on any atom is -0.309 e. The second-order valence-electron chi connectivity index (χ2n) is 19.5. The molecule has 354 valence electrons. The minimum absolute atomic E-state index is 0.606. The third-order valence-corrected chi connectivity index (χ3v) is 15.4. The van der Waals surface area contributed by atoms with Crippen LogP contribution in [0.3, 0.4) is 0 Å². The van der Waals surface area contributed by atoms with Crippen molar-refractivity contribution >= 4 is 87.2 Å². The molecule has 0 radical (unpaired) electrons. The first kappa shape index (κ1) is 42.2. The zero-order valence-electron chi connectivity index (χ0n) is 41.0. The number of fused-ring (bicyclic) bond motifs is 14. The van der Waals surface area contributed by atoms with E-state index in [2.05, 4.69) is 243 Å². The lowest BCUT2D eigenvalue weighted by Gasteiger charge is -2.13. The fourth-order valence-electron chi connectivity index (χ4n) is 12.2. The molecule has 11 aromatic carbocycles. The van der Waals surface area contributed by atoms with Crippen molar-refractivity contribution in [3.8, 4) is 56.9 Å². The summed E-state index contributed by atoms with van der Waals surface area (Å²) < 4.78 is 9.82. The summed E-state index contributed by atoms with van der Waals surface area (Å²) in [5, 5.41) is 9.42. The third kappa shape index (κ3) is 6.20. The molecule has 16 aromatic rings. The molecule has 0 N–H and O–H groups in total. The topological polar surface area (TPSA) is 58.4 Å². The summed E-state index contributed by atoms with van der Waals surface area (Å²) in [5.41, 5.74) is 16.2. The Hall–Kier alpha value is -10.4. The standard InChI is InChI=1S/C69H43N7/c1-6-21-44(22-7-1)67-70-68(45-23-8-2-9-24-45)72-69(71-67)55-34-20-33-51-53-39-42-61-63(66(53)76(64(51)55)48-29-14-5-15-30-48)56-43-49(37-40-59(56)74(61)47-27-12-4-13-28-47)75-57-35-18-16-31-50(57)52-38-41-60-62(65(52)75)54-32-17-19-36-58(54)73(60)46-25-10-3-11-26-46/h1-43H. The Labute approximate surface area is 436 Å². The van der Waals surface area contributed by atoms with Gasteiger partial charge < -0.3 is 18.3 Å². The molecule has 5 heterocycles. The molecule has 16 rings (SSSR count). The van der Waals surface area contributed by atoms with E-state index in [9.17, 15) is 0 Å². The van der Waals surface area contributed by atoms with Crippen LogP contribution in [0.25, 0.3) is 144 Å². The maximum Gasteiger partial charge on any atom is 0.166 e. The average Bonchev–Trinajstić information content (AvgIpc) is 4.31. The van der Waals surface area contributed by atoms with E-state index in [1.807, 2.05) is 36.4 Å². The molecule has 5 aromatic heterocycles. The molecule has 0 unspecified atom stereocenters. The van der Waals surface area contributed by atoms with Gasteiger partial charge in [-0.1, -0.05) is 176 Å². The van der Waals surface area contributed by atoms with Gasteiger partial charge in [-0.3, -0.25) is 0 Å². The Bertz CT molecular complexity index is 4900. The van der Waals surface area contributed by atoms with Gasteiger partial charge in [-0.25, -0.2) is 15.0 Å². The molecule has 76 heavy (non-hydrogen) atoms. The van der Waals surface area contributed by atoms with Crippen LogP contribution >= 0.6 is 0 Å². The van der Waals surface area contributed by atoms with Gasteiger partial charge in [-0.15, -0.1) is 0 Å². The van der Waals surface area contributed by atoms with Crippen molar-refractivity contribution in [1.82, 2.24) is 33.2 Å². The molecule has 0 bridgehead atoms. The summed E-state index contributed by atoms with van der Waals surface area (Å²) in [6.07, 6.45) is 0. The van der Waals surface area contributed by atoms with Gasteiger partial charge in [-0.2, -0.15) is 0 Å². The van der Waals surface area contributed by atoms with E-state index in [-0.39, 0.29) is 0 Å². The molecule has 0 amide bonds. The molecule has 0 aliphatic heterocycles. The number of para-hydroxylation sites is 6. The summed E-state index contributed by atoms with van der Waals surface area (Å²) in [6, 6.07) is 93.4. The quantitative estimate of drug-likeness (QED) is 0.160. The van der Waals surface area contributed by atoms with E-state index in [0.29, 0.717) is 17.5 Å². The average molecular weight is 970 g/mol. The largest absolute Gasteiger partial charge is 0.309 e. The van der Waals surface area contributed by atoms with Gasteiger partial charge in [0, 0.05) is 82.5 Å². The Kier molecular flexibility index (Phi) is 9.20. The summed E-state index contributed by atoms with van der Waals surface area (Å²) in [6.45, 7) is 0. The van der Waals surface area contributed by atoms with E-state index >= 15 is 0 Å². The van der Waals surface area contributed by atoms with E-state index in [0.717, 1.165) is 88.6 Å². The summed E-state index contributed by atoms with van der Waals surface area (Å²) in [4.78, 5) is 15.7. The molecule has 0 saturated heterocycles. The number of benzene rings is 11. The minimum atomic E-state index is 0.606. The predicted octanol–water partition coefficient (Wildman–Crippen LogP) is 17.3. The zero-order chi connectivity index (χ0) is 49.8. The van der Waals surface area contributed by atoms with Crippen LogP contribution in [0.2, 0.25) is 0 Å². The van der Waals surface area contributed by atoms with Crippen LogP contribution in [0.5, 0.6) is 0 Å². The highest BCUT2D eigenvalue weighted by Gasteiger charge is 2.26. The van der Waals surface area contributed by atoms with Gasteiger partial charge >= 0.3 is 0 Å². The number of nitrogens with zero attached hydrogens (tertiary/aromatic N) is 7. The second-order valence-corrected chi connectivity index (χ2v) is 19.5. The summed E-state index contributed by atoms with van der Waals surface area (Å²) in [5.74, 6) is 1.85. The first-order valence-corrected chi connectivity index (χ1v) is 25.8. The molecular formula is C69H43N7. The van der Waals surface area contributed by atoms with Crippen LogP contribution in [0.15, 0.2) is 261 Å². The fraction of sp³-hybridized carbons (Fsp3) is 0. The lowest BCUT2D eigenvalue weighted by molar-refractivity contribution is 1.07. The summed E-state index contributed by atoms with van der Waals surface area (Å²) in [7, 11) is 0. The lowest BCUT2D eigenvalue weighted by Crippen LogP contribution is -2.02. The molecule has 0 aliphatic carbocycles. The fourth-order valence-corrected chi connectivity index (χ4v) is 12.2. The second kappa shape index (κ2) is 16.6. The van der Waals surface area contributed by atoms with E-state index in [1.54, 1.807) is 0 Å². The molecule has 0 aliphatic rings. The highest BCUT2D eigenvalue weighted by Crippen LogP contribution is 2.47. The Morgan fingerprint density at radius 1 is 0.224 bits per heavy atom. The van der Waals surface area contributed by atoms with Gasteiger partial charge in [-0.05, 0) is 84.9 Å². The SMILES string of the molecule is c1ccc(-c2nc(-c3ccccc3)nc(-c3cccc4c5ccc6c(c7cc(-n8c9ccccc9c9ccc%10c(c%11ccccc%11n%10-c%10ccccc%10)c98)ccc7n6-c6ccccc6)c5n(-c5ccccc5)c34)n2)cc1. The van der Waals surface area contributed by atoms with Crippen molar-refractivity contribution in [2.75, 3.05) is 0 Å². The van der Waals surface area contributed by atoms with Crippen LogP contribution in [-0.4, -0.2) is 33.2 Å². The number of hydrogen-bond donors (Lipinski definition) is 0. The maximum atomic E-state index is 5.32. The Morgan fingerprint density at radius 2 is 0.632 bits per heavy atom. The van der Waals surface area contributed by atoms with Crippen molar-refractivity contribution in [2.24, 2.45) is 0 Å².